The Kier molecular flexibility index (Phi) is 4.21. The molecule has 2 aliphatic heterocycles. The molecule has 0 radical (unpaired) electrons. The number of benzene rings is 1. The van der Waals surface area contributed by atoms with Crippen LogP contribution in [0.25, 0.3) is 0 Å². The Balaban J connectivity index is 1.74. The van der Waals surface area contributed by atoms with Crippen LogP contribution in [-0.2, 0) is 5.88 Å². The second kappa shape index (κ2) is 5.90. The number of nitrogens with zero attached hydrogens (tertiary/aromatic N) is 2. The molecular weight excluding hydrogens is 279 g/mol. The average molecular weight is 299 g/mol. The van der Waals surface area contributed by atoms with Gasteiger partial charge in [-0.15, -0.1) is 11.6 Å². The fraction of sp³-hybridized carbons (Fsp3) is 0.600. The van der Waals surface area contributed by atoms with Crippen molar-refractivity contribution >= 4 is 28.9 Å². The molecule has 2 nitrogen and oxygen atoms in total. The summed E-state index contributed by atoms with van der Waals surface area (Å²) < 4.78 is 0. The normalized spacial score (nSPS) is 24.3. The summed E-state index contributed by atoms with van der Waals surface area (Å²) >= 11 is 12.1. The third-order valence-electron chi connectivity index (χ3n) is 4.38. The number of alkyl halides is 1. The van der Waals surface area contributed by atoms with Gasteiger partial charge in [0.15, 0.2) is 0 Å². The lowest BCUT2D eigenvalue weighted by atomic mass is 9.99. The number of halogens is 2. The van der Waals surface area contributed by atoms with Crippen LogP contribution in [0.5, 0.6) is 0 Å². The molecule has 1 aromatic carbocycles. The minimum atomic E-state index is 0.482. The number of rotatable bonds is 2. The largest absolute Gasteiger partial charge is 0.369 e. The van der Waals surface area contributed by atoms with Crippen LogP contribution < -0.4 is 4.90 Å². The lowest BCUT2D eigenvalue weighted by Gasteiger charge is -2.45. The summed E-state index contributed by atoms with van der Waals surface area (Å²) in [6.07, 6.45) is 4.08. The van der Waals surface area contributed by atoms with Gasteiger partial charge in [-0.2, -0.15) is 0 Å². The second-order valence-electron chi connectivity index (χ2n) is 5.54. The molecule has 0 spiro atoms. The van der Waals surface area contributed by atoms with E-state index in [-0.39, 0.29) is 0 Å². The SMILES string of the molecule is ClCc1ccc(N2CCN3CCCCC3C2)cc1Cl. The standard InChI is InChI=1S/C15H20Cl2N2/c16-10-12-4-5-13(9-15(12)17)19-8-7-18-6-2-1-3-14(18)11-19/h4-5,9,14H,1-3,6-8,10-11H2. The lowest BCUT2D eigenvalue weighted by molar-refractivity contribution is 0.133. The Morgan fingerprint density at radius 2 is 2.05 bits per heavy atom. The maximum absolute atomic E-state index is 6.26. The summed E-state index contributed by atoms with van der Waals surface area (Å²) in [5.41, 5.74) is 2.26. The lowest BCUT2D eigenvalue weighted by Crippen LogP contribution is -2.54. The molecule has 1 aromatic rings. The highest BCUT2D eigenvalue weighted by molar-refractivity contribution is 6.32. The minimum Gasteiger partial charge on any atom is -0.369 e. The van der Waals surface area contributed by atoms with E-state index < -0.39 is 0 Å². The number of piperidine rings is 1. The Hall–Kier alpha value is -0.440. The first-order chi connectivity index (χ1) is 9.28. The van der Waals surface area contributed by atoms with Gasteiger partial charge in [-0.1, -0.05) is 24.1 Å². The smallest absolute Gasteiger partial charge is 0.0488 e. The molecule has 1 unspecified atom stereocenters. The third-order valence-corrected chi connectivity index (χ3v) is 5.02. The maximum Gasteiger partial charge on any atom is 0.0488 e. The van der Waals surface area contributed by atoms with Gasteiger partial charge in [0.25, 0.3) is 0 Å². The summed E-state index contributed by atoms with van der Waals surface area (Å²) in [5.74, 6) is 0.482. The zero-order chi connectivity index (χ0) is 13.2. The maximum atomic E-state index is 6.26. The number of hydrogen-bond acceptors (Lipinski definition) is 2. The number of anilines is 1. The number of piperazine rings is 1. The van der Waals surface area contributed by atoms with Gasteiger partial charge in [0.05, 0.1) is 0 Å². The van der Waals surface area contributed by atoms with Crippen molar-refractivity contribution in [1.29, 1.82) is 0 Å². The van der Waals surface area contributed by atoms with Crippen LogP contribution in [0.2, 0.25) is 5.02 Å². The van der Waals surface area contributed by atoms with Gasteiger partial charge in [-0.3, -0.25) is 4.90 Å². The van der Waals surface area contributed by atoms with Gasteiger partial charge in [0, 0.05) is 42.3 Å². The van der Waals surface area contributed by atoms with Gasteiger partial charge < -0.3 is 4.90 Å². The van der Waals surface area contributed by atoms with Crippen molar-refractivity contribution in [1.82, 2.24) is 4.90 Å². The number of fused-ring (bicyclic) bond motifs is 1. The Bertz CT molecular complexity index is 450. The molecule has 0 aromatic heterocycles. The van der Waals surface area contributed by atoms with Crippen LogP contribution in [0.3, 0.4) is 0 Å². The van der Waals surface area contributed by atoms with Crippen molar-refractivity contribution < 1.29 is 0 Å². The van der Waals surface area contributed by atoms with Crippen LogP contribution in [0, 0.1) is 0 Å². The monoisotopic (exact) mass is 298 g/mol. The summed E-state index contributed by atoms with van der Waals surface area (Å²) in [6.45, 7) is 4.70. The Morgan fingerprint density at radius 3 is 2.84 bits per heavy atom. The van der Waals surface area contributed by atoms with Gasteiger partial charge in [-0.25, -0.2) is 0 Å². The number of hydrogen-bond donors (Lipinski definition) is 0. The molecule has 0 bridgehead atoms. The van der Waals surface area contributed by atoms with E-state index >= 15 is 0 Å². The highest BCUT2D eigenvalue weighted by atomic mass is 35.5. The molecule has 1 atom stereocenters. The van der Waals surface area contributed by atoms with Crippen molar-refractivity contribution in [2.45, 2.75) is 31.2 Å². The van der Waals surface area contributed by atoms with E-state index in [0.717, 1.165) is 29.7 Å². The highest BCUT2D eigenvalue weighted by Gasteiger charge is 2.28. The molecule has 0 aliphatic carbocycles. The first kappa shape index (κ1) is 13.5. The summed E-state index contributed by atoms with van der Waals surface area (Å²) in [7, 11) is 0. The minimum absolute atomic E-state index is 0.482. The highest BCUT2D eigenvalue weighted by Crippen LogP contribution is 2.28. The van der Waals surface area contributed by atoms with Crippen molar-refractivity contribution in [3.63, 3.8) is 0 Å². The van der Waals surface area contributed by atoms with Crippen LogP contribution >= 0.6 is 23.2 Å². The van der Waals surface area contributed by atoms with E-state index in [1.807, 2.05) is 0 Å². The predicted octanol–water partition coefficient (Wildman–Crippen LogP) is 3.75. The molecule has 3 rings (SSSR count). The molecule has 2 heterocycles. The predicted molar refractivity (Wildman–Crippen MR) is 82.4 cm³/mol. The molecule has 2 fully saturated rings. The molecule has 0 N–H and O–H groups in total. The van der Waals surface area contributed by atoms with Crippen LogP contribution in [0.4, 0.5) is 5.69 Å². The molecule has 2 saturated heterocycles. The summed E-state index contributed by atoms with van der Waals surface area (Å²) in [5, 5.41) is 0.790. The van der Waals surface area contributed by atoms with Gasteiger partial charge >= 0.3 is 0 Å². The first-order valence-corrected chi connectivity index (χ1v) is 8.02. The fourth-order valence-electron chi connectivity index (χ4n) is 3.23. The zero-order valence-electron chi connectivity index (χ0n) is 11.1. The zero-order valence-corrected chi connectivity index (χ0v) is 12.6. The summed E-state index contributed by atoms with van der Waals surface area (Å²) in [6, 6.07) is 7.01. The molecule has 19 heavy (non-hydrogen) atoms. The van der Waals surface area contributed by atoms with Gasteiger partial charge in [0.2, 0.25) is 0 Å². The Labute approximate surface area is 125 Å². The van der Waals surface area contributed by atoms with E-state index in [4.69, 9.17) is 23.2 Å². The van der Waals surface area contributed by atoms with E-state index in [0.29, 0.717) is 5.88 Å². The molecule has 2 aliphatic rings. The van der Waals surface area contributed by atoms with E-state index in [1.54, 1.807) is 0 Å². The van der Waals surface area contributed by atoms with E-state index in [2.05, 4.69) is 28.0 Å². The molecule has 0 saturated carbocycles. The molecule has 104 valence electrons. The molecule has 0 amide bonds. The van der Waals surface area contributed by atoms with Crippen LogP contribution in [0.15, 0.2) is 18.2 Å². The fourth-order valence-corrected chi connectivity index (χ4v) is 3.77. The van der Waals surface area contributed by atoms with E-state index in [9.17, 15) is 0 Å². The van der Waals surface area contributed by atoms with Crippen LogP contribution in [0.1, 0.15) is 24.8 Å². The van der Waals surface area contributed by atoms with Gasteiger partial charge in [0.1, 0.15) is 0 Å². The third kappa shape index (κ3) is 2.86. The Morgan fingerprint density at radius 1 is 1.16 bits per heavy atom. The van der Waals surface area contributed by atoms with Crippen LogP contribution in [-0.4, -0.2) is 37.1 Å². The van der Waals surface area contributed by atoms with Crippen molar-refractivity contribution in [2.24, 2.45) is 0 Å². The first-order valence-electron chi connectivity index (χ1n) is 7.11. The summed E-state index contributed by atoms with van der Waals surface area (Å²) in [4.78, 5) is 5.12. The second-order valence-corrected chi connectivity index (χ2v) is 6.22. The topological polar surface area (TPSA) is 6.48 Å². The molecular formula is C15H20Cl2N2. The van der Waals surface area contributed by atoms with Crippen molar-refractivity contribution in [2.75, 3.05) is 31.1 Å². The van der Waals surface area contributed by atoms with Crippen molar-refractivity contribution in [3.05, 3.63) is 28.8 Å². The average Bonchev–Trinajstić information content (AvgIpc) is 2.46. The van der Waals surface area contributed by atoms with Crippen molar-refractivity contribution in [3.8, 4) is 0 Å². The molecule has 4 heteroatoms. The quantitative estimate of drug-likeness (QED) is 0.767. The van der Waals surface area contributed by atoms with E-state index in [1.165, 1.54) is 38.0 Å². The van der Waals surface area contributed by atoms with Gasteiger partial charge in [-0.05, 0) is 37.1 Å².